The largest absolute Gasteiger partial charge is 0.370 e. The Kier molecular flexibility index (Phi) is 6.50. The molecule has 1 saturated heterocycles. The molecule has 1 amide bonds. The van der Waals surface area contributed by atoms with E-state index in [1.165, 1.54) is 18.2 Å². The first-order valence-corrected chi connectivity index (χ1v) is 11.8. The van der Waals surface area contributed by atoms with E-state index >= 15 is 0 Å². The van der Waals surface area contributed by atoms with Crippen molar-refractivity contribution < 1.29 is 22.0 Å². The first-order valence-electron chi connectivity index (χ1n) is 10.2. The van der Waals surface area contributed by atoms with Crippen LogP contribution < -0.4 is 15.5 Å². The average molecular weight is 474 g/mol. The lowest BCUT2D eigenvalue weighted by atomic mass is 10.2. The van der Waals surface area contributed by atoms with Gasteiger partial charge in [0.25, 0.3) is 5.91 Å². The summed E-state index contributed by atoms with van der Waals surface area (Å²) in [6, 6.07) is 13.4. The Morgan fingerprint density at radius 3 is 2.36 bits per heavy atom. The van der Waals surface area contributed by atoms with Crippen molar-refractivity contribution in [3.05, 3.63) is 66.4 Å². The Labute approximate surface area is 189 Å². The number of alkyl halides is 2. The predicted molar refractivity (Wildman–Crippen MR) is 121 cm³/mol. The van der Waals surface area contributed by atoms with Crippen LogP contribution in [0, 0.1) is 0 Å². The molecule has 33 heavy (non-hydrogen) atoms. The van der Waals surface area contributed by atoms with Crippen LogP contribution in [0.15, 0.2) is 65.7 Å². The molecule has 1 aliphatic heterocycles. The zero-order valence-electron chi connectivity index (χ0n) is 17.4. The summed E-state index contributed by atoms with van der Waals surface area (Å²) in [5.41, 5.74) is 1.70. The van der Waals surface area contributed by atoms with Gasteiger partial charge in [0.05, 0.1) is 22.3 Å². The molecule has 0 unspecified atom stereocenters. The van der Waals surface area contributed by atoms with Crippen LogP contribution in [0.25, 0.3) is 0 Å². The number of anilines is 4. The van der Waals surface area contributed by atoms with Gasteiger partial charge in [0.15, 0.2) is 5.82 Å². The smallest absolute Gasteiger partial charge is 0.341 e. The number of hydrogen-bond donors (Lipinski definition) is 2. The molecule has 4 rings (SSSR count). The van der Waals surface area contributed by atoms with Gasteiger partial charge in [0, 0.05) is 30.5 Å². The summed E-state index contributed by atoms with van der Waals surface area (Å²) < 4.78 is 49.7. The van der Waals surface area contributed by atoms with Gasteiger partial charge in [-0.05, 0) is 49.2 Å². The Balaban J connectivity index is 1.46. The molecular weight excluding hydrogens is 452 g/mol. The summed E-state index contributed by atoms with van der Waals surface area (Å²) in [6.07, 6.45) is 4.02. The molecule has 0 saturated carbocycles. The first-order chi connectivity index (χ1) is 15.8. The van der Waals surface area contributed by atoms with Gasteiger partial charge in [-0.1, -0.05) is 12.1 Å². The highest BCUT2D eigenvalue weighted by Crippen LogP contribution is 2.25. The molecule has 0 atom stereocenters. The molecule has 0 radical (unpaired) electrons. The van der Waals surface area contributed by atoms with Crippen molar-refractivity contribution in [1.29, 1.82) is 0 Å². The van der Waals surface area contributed by atoms with Crippen LogP contribution in [0.2, 0.25) is 0 Å². The van der Waals surface area contributed by atoms with E-state index in [-0.39, 0.29) is 5.56 Å². The number of benzene rings is 2. The van der Waals surface area contributed by atoms with Gasteiger partial charge in [-0.15, -0.1) is 5.10 Å². The fraction of sp³-hybridized carbons (Fsp3) is 0.227. The van der Waals surface area contributed by atoms with E-state index in [1.807, 2.05) is 6.07 Å². The van der Waals surface area contributed by atoms with Crippen LogP contribution in [0.4, 0.5) is 31.7 Å². The zero-order valence-corrected chi connectivity index (χ0v) is 18.2. The third-order valence-corrected chi connectivity index (χ3v) is 6.64. The van der Waals surface area contributed by atoms with Crippen molar-refractivity contribution in [3.8, 4) is 0 Å². The number of hydrogen-bond acceptors (Lipinski definition) is 7. The zero-order chi connectivity index (χ0) is 23.4. The molecule has 1 aromatic heterocycles. The Morgan fingerprint density at radius 1 is 1.00 bits per heavy atom. The molecule has 3 aromatic rings. The van der Waals surface area contributed by atoms with Gasteiger partial charge >= 0.3 is 5.76 Å². The van der Waals surface area contributed by atoms with Crippen molar-refractivity contribution in [1.82, 2.24) is 10.2 Å². The minimum absolute atomic E-state index is 0.353. The predicted octanol–water partition coefficient (Wildman–Crippen LogP) is 4.07. The van der Waals surface area contributed by atoms with Gasteiger partial charge in [-0.3, -0.25) is 4.79 Å². The monoisotopic (exact) mass is 473 g/mol. The molecule has 0 aliphatic carbocycles. The molecule has 0 spiro atoms. The van der Waals surface area contributed by atoms with E-state index in [0.29, 0.717) is 17.2 Å². The summed E-state index contributed by atoms with van der Waals surface area (Å²) in [4.78, 5) is 14.1. The molecule has 11 heteroatoms. The molecular formula is C22H21F2N5O3S. The van der Waals surface area contributed by atoms with E-state index in [4.69, 9.17) is 0 Å². The van der Waals surface area contributed by atoms with Crippen LogP contribution in [0.5, 0.6) is 0 Å². The third-order valence-electron chi connectivity index (χ3n) is 5.20. The summed E-state index contributed by atoms with van der Waals surface area (Å²) in [6.45, 7) is 1.97. The van der Waals surface area contributed by atoms with Gasteiger partial charge in [-0.25, -0.2) is 8.42 Å². The number of halogens is 2. The molecule has 2 heterocycles. The summed E-state index contributed by atoms with van der Waals surface area (Å²) >= 11 is 0. The highest BCUT2D eigenvalue weighted by molar-refractivity contribution is 7.91. The number of sulfone groups is 1. The second-order valence-corrected chi connectivity index (χ2v) is 9.34. The number of aromatic nitrogens is 2. The Bertz CT molecular complexity index is 1250. The van der Waals surface area contributed by atoms with Crippen LogP contribution in [0.1, 0.15) is 23.2 Å². The Morgan fingerprint density at radius 2 is 1.67 bits per heavy atom. The SMILES string of the molecule is O=C(Nc1ccc(Nc2cc(N3CCCC3)cnn2)cc1)c1ccccc1S(=O)(=O)C(F)F. The summed E-state index contributed by atoms with van der Waals surface area (Å²) in [5, 5.41) is 13.8. The van der Waals surface area contributed by atoms with E-state index in [9.17, 15) is 22.0 Å². The highest BCUT2D eigenvalue weighted by Gasteiger charge is 2.30. The van der Waals surface area contributed by atoms with Crippen molar-refractivity contribution in [3.63, 3.8) is 0 Å². The number of carbonyl (C=O) groups is 1. The second kappa shape index (κ2) is 9.49. The lowest BCUT2D eigenvalue weighted by Gasteiger charge is -2.17. The normalized spacial score (nSPS) is 13.8. The van der Waals surface area contributed by atoms with E-state index < -0.39 is 26.4 Å². The number of amides is 1. The molecule has 2 N–H and O–H groups in total. The van der Waals surface area contributed by atoms with Gasteiger partial charge in [0.1, 0.15) is 0 Å². The third kappa shape index (κ3) is 5.08. The molecule has 0 bridgehead atoms. The molecule has 1 aliphatic rings. The van der Waals surface area contributed by atoms with Crippen LogP contribution >= 0.6 is 0 Å². The fourth-order valence-corrected chi connectivity index (χ4v) is 4.47. The van der Waals surface area contributed by atoms with Gasteiger partial charge in [-0.2, -0.15) is 13.9 Å². The second-order valence-electron chi connectivity index (χ2n) is 7.45. The van der Waals surface area contributed by atoms with Crippen molar-refractivity contribution >= 4 is 38.6 Å². The maximum absolute atomic E-state index is 13.0. The highest BCUT2D eigenvalue weighted by atomic mass is 32.2. The standard InChI is InChI=1S/C22H21F2N5O3S/c23-22(24)33(31,32)19-6-2-1-5-18(19)21(30)27-16-9-7-15(8-10-16)26-20-13-17(14-25-28-20)29-11-3-4-12-29/h1-2,5-10,13-14,22H,3-4,11-12H2,(H,26,28)(H,27,30). The first kappa shape index (κ1) is 22.6. The summed E-state index contributed by atoms with van der Waals surface area (Å²) in [7, 11) is -4.92. The quantitative estimate of drug-likeness (QED) is 0.533. The fourth-order valence-electron chi connectivity index (χ4n) is 3.55. The number of nitrogens with one attached hydrogen (secondary N) is 2. The van der Waals surface area contributed by atoms with Crippen molar-refractivity contribution in [2.45, 2.75) is 23.5 Å². The van der Waals surface area contributed by atoms with Gasteiger partial charge in [0.2, 0.25) is 9.84 Å². The number of carbonyl (C=O) groups excluding carboxylic acids is 1. The van der Waals surface area contributed by atoms with Crippen LogP contribution in [-0.4, -0.2) is 43.4 Å². The van der Waals surface area contributed by atoms with Gasteiger partial charge < -0.3 is 15.5 Å². The lowest BCUT2D eigenvalue weighted by molar-refractivity contribution is 0.102. The van der Waals surface area contributed by atoms with E-state index in [0.717, 1.165) is 37.7 Å². The minimum atomic E-state index is -4.92. The topological polar surface area (TPSA) is 104 Å². The molecule has 2 aromatic carbocycles. The summed E-state index contributed by atoms with van der Waals surface area (Å²) in [5.74, 6) is -3.86. The minimum Gasteiger partial charge on any atom is -0.370 e. The average Bonchev–Trinajstić information content (AvgIpc) is 3.35. The maximum atomic E-state index is 13.0. The van der Waals surface area contributed by atoms with E-state index in [2.05, 4.69) is 25.7 Å². The molecule has 172 valence electrons. The van der Waals surface area contributed by atoms with Crippen molar-refractivity contribution in [2.75, 3.05) is 28.6 Å². The van der Waals surface area contributed by atoms with Crippen molar-refractivity contribution in [2.24, 2.45) is 0 Å². The Hall–Kier alpha value is -3.60. The lowest BCUT2D eigenvalue weighted by Crippen LogP contribution is -2.19. The number of rotatable bonds is 7. The van der Waals surface area contributed by atoms with Crippen LogP contribution in [0.3, 0.4) is 0 Å². The molecule has 8 nitrogen and oxygen atoms in total. The molecule has 1 fully saturated rings. The van der Waals surface area contributed by atoms with Crippen LogP contribution in [-0.2, 0) is 9.84 Å². The van der Waals surface area contributed by atoms with E-state index in [1.54, 1.807) is 30.5 Å². The number of nitrogens with zero attached hydrogens (tertiary/aromatic N) is 3. The maximum Gasteiger partial charge on any atom is 0.341 e.